The average molecular weight is 230 g/mol. The van der Waals surface area contributed by atoms with E-state index in [0.29, 0.717) is 5.56 Å². The van der Waals surface area contributed by atoms with Gasteiger partial charge in [-0.15, -0.1) is 0 Å². The Hall–Kier alpha value is -2.49. The molecule has 0 aliphatic carbocycles. The molecule has 0 saturated carbocycles. The molecule has 0 bridgehead atoms. The van der Waals surface area contributed by atoms with Crippen molar-refractivity contribution in [1.29, 1.82) is 0 Å². The Balaban J connectivity index is 2.19. The molecule has 0 amide bonds. The molecule has 0 saturated heterocycles. The van der Waals surface area contributed by atoms with Crippen LogP contribution >= 0.6 is 0 Å². The third kappa shape index (κ3) is 2.55. The first-order valence-corrected chi connectivity index (χ1v) is 4.96. The Morgan fingerprint density at radius 2 is 1.71 bits per heavy atom. The minimum absolute atomic E-state index is 0.0108. The fraction of sp³-hybridized carbons (Fsp3) is 0. The van der Waals surface area contributed by atoms with Crippen LogP contribution in [-0.2, 0) is 0 Å². The number of phenols is 2. The van der Waals surface area contributed by atoms with Gasteiger partial charge in [-0.2, -0.15) is 0 Å². The molecule has 2 rings (SSSR count). The molecule has 0 aromatic heterocycles. The van der Waals surface area contributed by atoms with E-state index >= 15 is 0 Å². The number of hydrogen-bond donors (Lipinski definition) is 2. The molecule has 2 aromatic carbocycles. The summed E-state index contributed by atoms with van der Waals surface area (Å²) in [5, 5.41) is 18.5. The van der Waals surface area contributed by atoms with Crippen LogP contribution in [0.2, 0.25) is 0 Å². The fourth-order valence-corrected chi connectivity index (χ4v) is 1.33. The van der Waals surface area contributed by atoms with Crippen LogP contribution < -0.4 is 4.74 Å². The standard InChI is InChI=1S/C13H10O4/c14-10-6-7-12(11(15)8-10)17-13(16)9-4-2-1-3-5-9/h1-8,14-15H. The molecule has 0 atom stereocenters. The van der Waals surface area contributed by atoms with Crippen molar-refractivity contribution in [2.75, 3.05) is 0 Å². The molecular formula is C13H10O4. The zero-order chi connectivity index (χ0) is 12.3. The molecule has 4 nitrogen and oxygen atoms in total. The summed E-state index contributed by atoms with van der Waals surface area (Å²) in [5.41, 5.74) is 0.389. The molecule has 0 unspecified atom stereocenters. The summed E-state index contributed by atoms with van der Waals surface area (Å²) in [7, 11) is 0. The molecule has 0 aliphatic heterocycles. The van der Waals surface area contributed by atoms with Crippen LogP contribution in [0, 0.1) is 0 Å². The number of benzene rings is 2. The van der Waals surface area contributed by atoms with Crippen molar-refractivity contribution in [3.63, 3.8) is 0 Å². The molecule has 0 fully saturated rings. The van der Waals surface area contributed by atoms with Crippen molar-refractivity contribution in [2.45, 2.75) is 0 Å². The minimum Gasteiger partial charge on any atom is -0.508 e. The maximum Gasteiger partial charge on any atom is 0.343 e. The van der Waals surface area contributed by atoms with E-state index in [4.69, 9.17) is 9.84 Å². The Kier molecular flexibility index (Phi) is 2.96. The summed E-state index contributed by atoms with van der Waals surface area (Å²) >= 11 is 0. The highest BCUT2D eigenvalue weighted by Crippen LogP contribution is 2.29. The summed E-state index contributed by atoms with van der Waals surface area (Å²) in [6.07, 6.45) is 0. The van der Waals surface area contributed by atoms with E-state index in [-0.39, 0.29) is 17.2 Å². The topological polar surface area (TPSA) is 66.8 Å². The van der Waals surface area contributed by atoms with Gasteiger partial charge in [-0.25, -0.2) is 4.79 Å². The third-order valence-corrected chi connectivity index (χ3v) is 2.15. The van der Waals surface area contributed by atoms with E-state index in [1.165, 1.54) is 12.1 Å². The number of rotatable bonds is 2. The van der Waals surface area contributed by atoms with Crippen molar-refractivity contribution >= 4 is 5.97 Å². The van der Waals surface area contributed by atoms with Gasteiger partial charge in [0.15, 0.2) is 11.5 Å². The molecule has 0 spiro atoms. The molecule has 2 aromatic rings. The number of phenolic OH excluding ortho intramolecular Hbond substituents is 2. The Morgan fingerprint density at radius 1 is 1.00 bits per heavy atom. The van der Waals surface area contributed by atoms with Gasteiger partial charge in [-0.3, -0.25) is 0 Å². The third-order valence-electron chi connectivity index (χ3n) is 2.15. The number of carbonyl (C=O) groups is 1. The molecule has 86 valence electrons. The molecule has 2 N–H and O–H groups in total. The largest absolute Gasteiger partial charge is 0.508 e. The smallest absolute Gasteiger partial charge is 0.343 e. The van der Waals surface area contributed by atoms with Crippen molar-refractivity contribution in [2.24, 2.45) is 0 Å². The van der Waals surface area contributed by atoms with Gasteiger partial charge >= 0.3 is 5.97 Å². The monoisotopic (exact) mass is 230 g/mol. The van der Waals surface area contributed by atoms with Crippen LogP contribution in [0.1, 0.15) is 10.4 Å². The lowest BCUT2D eigenvalue weighted by atomic mass is 10.2. The van der Waals surface area contributed by atoms with Gasteiger partial charge < -0.3 is 14.9 Å². The predicted molar refractivity (Wildman–Crippen MR) is 61.2 cm³/mol. The van der Waals surface area contributed by atoms with Crippen LogP contribution in [-0.4, -0.2) is 16.2 Å². The quantitative estimate of drug-likeness (QED) is 0.613. The van der Waals surface area contributed by atoms with Gasteiger partial charge in [0.2, 0.25) is 0 Å². The first-order valence-electron chi connectivity index (χ1n) is 4.96. The maximum absolute atomic E-state index is 11.7. The van der Waals surface area contributed by atoms with E-state index in [2.05, 4.69) is 0 Å². The molecule has 4 heteroatoms. The van der Waals surface area contributed by atoms with Crippen LogP contribution in [0.15, 0.2) is 48.5 Å². The van der Waals surface area contributed by atoms with Crippen LogP contribution in [0.5, 0.6) is 17.2 Å². The van der Waals surface area contributed by atoms with Gasteiger partial charge in [0.05, 0.1) is 5.56 Å². The van der Waals surface area contributed by atoms with Gasteiger partial charge in [0, 0.05) is 6.07 Å². The Morgan fingerprint density at radius 3 is 2.35 bits per heavy atom. The molecular weight excluding hydrogens is 220 g/mol. The van der Waals surface area contributed by atoms with Gasteiger partial charge in [-0.05, 0) is 24.3 Å². The van der Waals surface area contributed by atoms with Gasteiger partial charge in [0.25, 0.3) is 0 Å². The van der Waals surface area contributed by atoms with Crippen LogP contribution in [0.25, 0.3) is 0 Å². The van der Waals surface area contributed by atoms with Crippen LogP contribution in [0.3, 0.4) is 0 Å². The Bertz CT molecular complexity index is 534. The summed E-state index contributed by atoms with van der Waals surface area (Å²) < 4.78 is 4.99. The lowest BCUT2D eigenvalue weighted by Gasteiger charge is -2.06. The first kappa shape index (κ1) is 11.0. The Labute approximate surface area is 97.7 Å². The lowest BCUT2D eigenvalue weighted by Crippen LogP contribution is -2.08. The maximum atomic E-state index is 11.7. The van der Waals surface area contributed by atoms with Crippen molar-refractivity contribution < 1.29 is 19.7 Å². The lowest BCUT2D eigenvalue weighted by molar-refractivity contribution is 0.0729. The van der Waals surface area contributed by atoms with E-state index in [9.17, 15) is 9.90 Å². The highest BCUT2D eigenvalue weighted by molar-refractivity contribution is 5.91. The van der Waals surface area contributed by atoms with E-state index < -0.39 is 5.97 Å². The normalized spacial score (nSPS) is 9.88. The average Bonchev–Trinajstić information content (AvgIpc) is 2.34. The highest BCUT2D eigenvalue weighted by Gasteiger charge is 2.11. The molecule has 0 aliphatic rings. The second kappa shape index (κ2) is 4.57. The second-order valence-electron chi connectivity index (χ2n) is 3.41. The molecule has 0 heterocycles. The van der Waals surface area contributed by atoms with E-state index in [1.807, 2.05) is 0 Å². The number of esters is 1. The summed E-state index contributed by atoms with van der Waals surface area (Å²) in [6.45, 7) is 0. The number of ether oxygens (including phenoxy) is 1. The van der Waals surface area contributed by atoms with Crippen LogP contribution in [0.4, 0.5) is 0 Å². The minimum atomic E-state index is -0.563. The number of hydrogen-bond acceptors (Lipinski definition) is 4. The number of carbonyl (C=O) groups excluding carboxylic acids is 1. The van der Waals surface area contributed by atoms with Gasteiger partial charge in [-0.1, -0.05) is 18.2 Å². The van der Waals surface area contributed by atoms with Crippen molar-refractivity contribution in [1.82, 2.24) is 0 Å². The second-order valence-corrected chi connectivity index (χ2v) is 3.41. The zero-order valence-corrected chi connectivity index (χ0v) is 8.83. The predicted octanol–water partition coefficient (Wildman–Crippen LogP) is 2.32. The summed E-state index contributed by atoms with van der Waals surface area (Å²) in [5.74, 6) is -0.931. The fourth-order valence-electron chi connectivity index (χ4n) is 1.33. The summed E-state index contributed by atoms with van der Waals surface area (Å²) in [6, 6.07) is 12.2. The van der Waals surface area contributed by atoms with Crippen molar-refractivity contribution in [3.05, 3.63) is 54.1 Å². The van der Waals surface area contributed by atoms with E-state index in [0.717, 1.165) is 6.07 Å². The zero-order valence-electron chi connectivity index (χ0n) is 8.83. The van der Waals surface area contributed by atoms with Crippen molar-refractivity contribution in [3.8, 4) is 17.2 Å². The number of aromatic hydroxyl groups is 2. The molecule has 0 radical (unpaired) electrons. The summed E-state index contributed by atoms with van der Waals surface area (Å²) in [4.78, 5) is 11.7. The van der Waals surface area contributed by atoms with E-state index in [1.54, 1.807) is 30.3 Å². The molecule has 17 heavy (non-hydrogen) atoms. The first-order chi connectivity index (χ1) is 8.16. The van der Waals surface area contributed by atoms with Gasteiger partial charge in [0.1, 0.15) is 5.75 Å². The highest BCUT2D eigenvalue weighted by atomic mass is 16.5. The SMILES string of the molecule is O=C(Oc1ccc(O)cc1O)c1ccccc1.